The largest absolute Gasteiger partial charge is 0.497 e. The summed E-state index contributed by atoms with van der Waals surface area (Å²) in [7, 11) is 3.19. The van der Waals surface area contributed by atoms with Crippen LogP contribution in [0.4, 0.5) is 0 Å². The second-order valence-electron chi connectivity index (χ2n) is 6.69. The smallest absolute Gasteiger partial charge is 0.336 e. The molecule has 3 aromatic carbocycles. The first-order valence-electron chi connectivity index (χ1n) is 9.56. The SMILES string of the molecule is COc1ccc(COc2cc(CO)c(C(=O)O)cc2OCc2ccc(OC)cc2)cc1. The molecule has 0 saturated carbocycles. The first kappa shape index (κ1) is 22.0. The Labute approximate surface area is 180 Å². The van der Waals surface area contributed by atoms with Crippen LogP contribution >= 0.6 is 0 Å². The van der Waals surface area contributed by atoms with Crippen LogP contribution in [0.5, 0.6) is 23.0 Å². The second-order valence-corrected chi connectivity index (χ2v) is 6.69. The number of methoxy groups -OCH3 is 2. The predicted octanol–water partition coefficient (Wildman–Crippen LogP) is 4.05. The maximum absolute atomic E-state index is 11.6. The fraction of sp³-hybridized carbons (Fsp3) is 0.208. The van der Waals surface area contributed by atoms with Crippen molar-refractivity contribution in [2.45, 2.75) is 19.8 Å². The zero-order valence-corrected chi connectivity index (χ0v) is 17.3. The maximum atomic E-state index is 11.6. The van der Waals surface area contributed by atoms with Crippen molar-refractivity contribution >= 4 is 5.97 Å². The third-order valence-electron chi connectivity index (χ3n) is 4.68. The number of aliphatic hydroxyl groups is 1. The summed E-state index contributed by atoms with van der Waals surface area (Å²) < 4.78 is 22.1. The standard InChI is InChI=1S/C24H24O7/c1-28-19-7-3-16(4-8-19)14-30-22-11-18(13-25)21(24(26)27)12-23(22)31-15-17-5-9-20(29-2)10-6-17/h3-12,25H,13-15H2,1-2H3,(H,26,27). The first-order chi connectivity index (χ1) is 15.0. The topological polar surface area (TPSA) is 94.5 Å². The number of benzene rings is 3. The van der Waals surface area contributed by atoms with E-state index in [-0.39, 0.29) is 30.1 Å². The molecule has 0 unspecified atom stereocenters. The van der Waals surface area contributed by atoms with Gasteiger partial charge in [0.15, 0.2) is 11.5 Å². The highest BCUT2D eigenvalue weighted by Gasteiger charge is 2.17. The van der Waals surface area contributed by atoms with Gasteiger partial charge < -0.3 is 29.2 Å². The molecule has 0 aromatic heterocycles. The van der Waals surface area contributed by atoms with Crippen LogP contribution in [0, 0.1) is 0 Å². The van der Waals surface area contributed by atoms with Crippen molar-refractivity contribution in [1.82, 2.24) is 0 Å². The second kappa shape index (κ2) is 10.4. The molecule has 0 bridgehead atoms. The molecular formula is C24H24O7. The minimum atomic E-state index is -1.15. The Bertz CT molecular complexity index is 1010. The monoisotopic (exact) mass is 424 g/mol. The van der Waals surface area contributed by atoms with Crippen molar-refractivity contribution in [3.05, 3.63) is 82.9 Å². The van der Waals surface area contributed by atoms with E-state index in [0.717, 1.165) is 22.6 Å². The Hall–Kier alpha value is -3.71. The lowest BCUT2D eigenvalue weighted by Crippen LogP contribution is -2.07. The van der Waals surface area contributed by atoms with Crippen LogP contribution in [-0.2, 0) is 19.8 Å². The fourth-order valence-electron chi connectivity index (χ4n) is 2.92. The summed E-state index contributed by atoms with van der Waals surface area (Å²) in [6.07, 6.45) is 0. The van der Waals surface area contributed by atoms with E-state index < -0.39 is 12.6 Å². The Morgan fingerprint density at radius 3 is 1.61 bits per heavy atom. The number of rotatable bonds is 10. The molecule has 0 heterocycles. The van der Waals surface area contributed by atoms with E-state index in [9.17, 15) is 15.0 Å². The molecule has 0 aliphatic rings. The molecule has 0 aliphatic carbocycles. The molecule has 0 radical (unpaired) electrons. The van der Waals surface area contributed by atoms with Gasteiger partial charge in [0.25, 0.3) is 0 Å². The molecule has 162 valence electrons. The van der Waals surface area contributed by atoms with Crippen LogP contribution in [0.3, 0.4) is 0 Å². The molecule has 0 spiro atoms. The summed E-state index contributed by atoms with van der Waals surface area (Å²) >= 11 is 0. The van der Waals surface area contributed by atoms with E-state index in [1.165, 1.54) is 12.1 Å². The summed E-state index contributed by atoms with van der Waals surface area (Å²) in [4.78, 5) is 11.6. The van der Waals surface area contributed by atoms with Crippen LogP contribution in [0.2, 0.25) is 0 Å². The van der Waals surface area contributed by atoms with E-state index in [1.54, 1.807) is 14.2 Å². The minimum Gasteiger partial charge on any atom is -0.497 e. The quantitative estimate of drug-likeness (QED) is 0.507. The highest BCUT2D eigenvalue weighted by molar-refractivity contribution is 5.90. The van der Waals surface area contributed by atoms with E-state index in [4.69, 9.17) is 18.9 Å². The molecule has 31 heavy (non-hydrogen) atoms. The number of carbonyl (C=O) groups is 1. The molecule has 0 aliphatic heterocycles. The summed E-state index contributed by atoms with van der Waals surface area (Å²) in [5.41, 5.74) is 1.98. The summed E-state index contributed by atoms with van der Waals surface area (Å²) in [5.74, 6) is 0.936. The summed E-state index contributed by atoms with van der Waals surface area (Å²) in [6.45, 7) is 0.0138. The number of carboxylic acids is 1. The number of hydrogen-bond acceptors (Lipinski definition) is 6. The van der Waals surface area contributed by atoms with Crippen molar-refractivity contribution in [2.24, 2.45) is 0 Å². The number of aliphatic hydroxyl groups excluding tert-OH is 1. The molecule has 3 rings (SSSR count). The fourth-order valence-corrected chi connectivity index (χ4v) is 2.92. The molecule has 0 atom stereocenters. The van der Waals surface area contributed by atoms with Gasteiger partial charge in [0.05, 0.1) is 26.4 Å². The van der Waals surface area contributed by atoms with Gasteiger partial charge in [0.1, 0.15) is 24.7 Å². The zero-order chi connectivity index (χ0) is 22.2. The summed E-state index contributed by atoms with van der Waals surface area (Å²) in [5, 5.41) is 19.1. The molecule has 7 heteroatoms. The Morgan fingerprint density at radius 2 is 1.23 bits per heavy atom. The average molecular weight is 424 g/mol. The van der Waals surface area contributed by atoms with Crippen molar-refractivity contribution in [3.63, 3.8) is 0 Å². The normalized spacial score (nSPS) is 10.4. The minimum absolute atomic E-state index is 0.0379. The van der Waals surface area contributed by atoms with Crippen molar-refractivity contribution in [2.75, 3.05) is 14.2 Å². The van der Waals surface area contributed by atoms with Crippen molar-refractivity contribution in [3.8, 4) is 23.0 Å². The van der Waals surface area contributed by atoms with Gasteiger partial charge in [-0.2, -0.15) is 0 Å². The van der Waals surface area contributed by atoms with E-state index in [1.807, 2.05) is 48.5 Å². The van der Waals surface area contributed by atoms with Gasteiger partial charge in [-0.1, -0.05) is 24.3 Å². The van der Waals surface area contributed by atoms with Crippen LogP contribution < -0.4 is 18.9 Å². The van der Waals surface area contributed by atoms with Crippen molar-refractivity contribution in [1.29, 1.82) is 0 Å². The highest BCUT2D eigenvalue weighted by atomic mass is 16.5. The van der Waals surface area contributed by atoms with Gasteiger partial charge in [-0.25, -0.2) is 4.79 Å². The van der Waals surface area contributed by atoms with Gasteiger partial charge in [-0.3, -0.25) is 0 Å². The molecule has 0 saturated heterocycles. The lowest BCUT2D eigenvalue weighted by atomic mass is 10.1. The molecule has 3 aromatic rings. The zero-order valence-electron chi connectivity index (χ0n) is 17.3. The van der Waals surface area contributed by atoms with Gasteiger partial charge >= 0.3 is 5.97 Å². The highest BCUT2D eigenvalue weighted by Crippen LogP contribution is 2.33. The third-order valence-corrected chi connectivity index (χ3v) is 4.68. The van der Waals surface area contributed by atoms with Crippen molar-refractivity contribution < 1.29 is 34.0 Å². The molecule has 0 fully saturated rings. The van der Waals surface area contributed by atoms with Crippen LogP contribution in [0.25, 0.3) is 0 Å². The number of ether oxygens (including phenoxy) is 4. The van der Waals surface area contributed by atoms with Gasteiger partial charge in [0.2, 0.25) is 0 Å². The maximum Gasteiger partial charge on any atom is 0.336 e. The van der Waals surface area contributed by atoms with E-state index >= 15 is 0 Å². The summed E-state index contributed by atoms with van der Waals surface area (Å²) in [6, 6.07) is 17.6. The Morgan fingerprint density at radius 1 is 0.774 bits per heavy atom. The van der Waals surface area contributed by atoms with Gasteiger partial charge in [0, 0.05) is 0 Å². The van der Waals surface area contributed by atoms with E-state index in [0.29, 0.717) is 5.75 Å². The Balaban J connectivity index is 1.82. The van der Waals surface area contributed by atoms with E-state index in [2.05, 4.69) is 0 Å². The van der Waals surface area contributed by atoms with Gasteiger partial charge in [-0.15, -0.1) is 0 Å². The molecule has 2 N–H and O–H groups in total. The lowest BCUT2D eigenvalue weighted by molar-refractivity contribution is 0.0692. The lowest BCUT2D eigenvalue weighted by Gasteiger charge is -2.16. The number of aromatic carboxylic acids is 1. The predicted molar refractivity (Wildman–Crippen MR) is 114 cm³/mol. The Kier molecular flexibility index (Phi) is 7.35. The molecule has 7 nitrogen and oxygen atoms in total. The first-order valence-corrected chi connectivity index (χ1v) is 9.56. The van der Waals surface area contributed by atoms with Crippen LogP contribution in [0.1, 0.15) is 27.0 Å². The third kappa shape index (κ3) is 5.67. The number of carboxylic acid groups (broad SMARTS) is 1. The molecule has 0 amide bonds. The van der Waals surface area contributed by atoms with Crippen LogP contribution in [0.15, 0.2) is 60.7 Å². The van der Waals surface area contributed by atoms with Crippen LogP contribution in [-0.4, -0.2) is 30.4 Å². The van der Waals surface area contributed by atoms with Gasteiger partial charge in [-0.05, 0) is 53.1 Å². The number of hydrogen-bond donors (Lipinski definition) is 2. The molecular weight excluding hydrogens is 400 g/mol. The average Bonchev–Trinajstić information content (AvgIpc) is 2.81.